The molecule has 130 valence electrons. The Bertz CT molecular complexity index is 1030. The first-order valence-corrected chi connectivity index (χ1v) is 7.73. The van der Waals surface area contributed by atoms with E-state index in [0.717, 1.165) is 5.56 Å². The number of nitriles is 1. The molecule has 0 bridgehead atoms. The van der Waals surface area contributed by atoms with Gasteiger partial charge < -0.3 is 19.9 Å². The van der Waals surface area contributed by atoms with E-state index in [4.69, 9.17) is 4.74 Å². The molecule has 3 N–H and O–H groups in total. The first kappa shape index (κ1) is 17.0. The van der Waals surface area contributed by atoms with E-state index in [1.165, 1.54) is 12.1 Å². The summed E-state index contributed by atoms with van der Waals surface area (Å²) < 4.78 is 4.99. The number of hydrogen-bond donors (Lipinski definition) is 3. The van der Waals surface area contributed by atoms with E-state index >= 15 is 0 Å². The third-order valence-corrected chi connectivity index (χ3v) is 3.74. The van der Waals surface area contributed by atoms with Crippen LogP contribution in [0.2, 0.25) is 0 Å². The van der Waals surface area contributed by atoms with E-state index in [-0.39, 0.29) is 22.7 Å². The number of esters is 1. The maximum absolute atomic E-state index is 12.0. The number of hydrogen-bond acceptors (Lipinski definition) is 6. The van der Waals surface area contributed by atoms with Gasteiger partial charge in [0.05, 0.1) is 11.0 Å². The van der Waals surface area contributed by atoms with Crippen LogP contribution in [0.15, 0.2) is 48.2 Å². The lowest BCUT2D eigenvalue weighted by atomic mass is 10.1. The average molecular weight is 349 g/mol. The number of aliphatic hydroxyl groups is 1. The van der Waals surface area contributed by atoms with Gasteiger partial charge in [-0.15, -0.1) is 0 Å². The van der Waals surface area contributed by atoms with E-state index in [1.54, 1.807) is 31.2 Å². The highest BCUT2D eigenvalue weighted by Gasteiger charge is 2.17. The van der Waals surface area contributed by atoms with Crippen molar-refractivity contribution in [3.05, 3.63) is 65.2 Å². The maximum atomic E-state index is 12.0. The Morgan fingerprint density at radius 3 is 2.77 bits per heavy atom. The Morgan fingerprint density at radius 1 is 1.31 bits per heavy atom. The number of carbonyl (C=O) groups is 1. The lowest BCUT2D eigenvalue weighted by molar-refractivity contribution is 0.0499. The van der Waals surface area contributed by atoms with Crippen LogP contribution in [0.4, 0.5) is 0 Å². The molecule has 3 rings (SSSR count). The number of rotatable bonds is 4. The molecule has 26 heavy (non-hydrogen) atoms. The molecule has 0 aliphatic rings. The number of para-hydroxylation sites is 2. The Hall–Kier alpha value is -3.79. The summed E-state index contributed by atoms with van der Waals surface area (Å²) in [5.74, 6) is -1.28. The SMILES string of the molecule is Cc1ccc(C(=O)OC/C(O)=C(\C#N)c2nc3ccccc3[nH]2)c(O)c1. The van der Waals surface area contributed by atoms with Gasteiger partial charge in [0.25, 0.3) is 0 Å². The van der Waals surface area contributed by atoms with Crippen LogP contribution in [-0.2, 0) is 4.74 Å². The fourth-order valence-electron chi connectivity index (χ4n) is 2.42. The molecule has 1 aromatic heterocycles. The quantitative estimate of drug-likeness (QED) is 0.378. The summed E-state index contributed by atoms with van der Waals surface area (Å²) in [4.78, 5) is 19.2. The standard InChI is InChI=1S/C19H15N3O4/c1-11-6-7-12(16(23)8-11)19(25)26-10-17(24)13(9-20)18-21-14-4-2-3-5-15(14)22-18/h2-8,23-24H,10H2,1H3,(H,21,22)/b17-13-. The summed E-state index contributed by atoms with van der Waals surface area (Å²) in [6.45, 7) is 1.25. The normalized spacial score (nSPS) is 11.7. The minimum absolute atomic E-state index is 0.0226. The molecule has 0 fully saturated rings. The van der Waals surface area contributed by atoms with Gasteiger partial charge in [0.15, 0.2) is 11.6 Å². The monoisotopic (exact) mass is 349 g/mol. The van der Waals surface area contributed by atoms with Gasteiger partial charge in [0.2, 0.25) is 0 Å². The summed E-state index contributed by atoms with van der Waals surface area (Å²) in [6.07, 6.45) is 0. The van der Waals surface area contributed by atoms with E-state index in [1.807, 2.05) is 12.1 Å². The van der Waals surface area contributed by atoms with Crippen molar-refractivity contribution in [2.24, 2.45) is 0 Å². The smallest absolute Gasteiger partial charge is 0.342 e. The zero-order valence-electron chi connectivity index (χ0n) is 13.9. The summed E-state index contributed by atoms with van der Waals surface area (Å²) in [6, 6.07) is 13.5. The number of benzene rings is 2. The van der Waals surface area contributed by atoms with Crippen molar-refractivity contribution < 1.29 is 19.7 Å². The maximum Gasteiger partial charge on any atom is 0.342 e. The Morgan fingerprint density at radius 2 is 2.08 bits per heavy atom. The van der Waals surface area contributed by atoms with Gasteiger partial charge in [0.1, 0.15) is 29.6 Å². The Labute approximate surface area is 148 Å². The number of aryl methyl sites for hydroxylation is 1. The summed E-state index contributed by atoms with van der Waals surface area (Å²) in [5.41, 5.74) is 2.00. The van der Waals surface area contributed by atoms with Crippen LogP contribution in [0.3, 0.4) is 0 Å². The number of allylic oxidation sites excluding steroid dienone is 1. The molecule has 0 atom stereocenters. The van der Waals surface area contributed by atoms with E-state index in [2.05, 4.69) is 9.97 Å². The third kappa shape index (κ3) is 3.35. The Kier molecular flexibility index (Phi) is 4.58. The van der Waals surface area contributed by atoms with Crippen LogP contribution < -0.4 is 0 Å². The van der Waals surface area contributed by atoms with Crippen molar-refractivity contribution in [2.75, 3.05) is 6.61 Å². The van der Waals surface area contributed by atoms with Crippen LogP contribution in [0.1, 0.15) is 21.7 Å². The van der Waals surface area contributed by atoms with Crippen LogP contribution in [0.25, 0.3) is 16.6 Å². The first-order valence-electron chi connectivity index (χ1n) is 7.73. The molecule has 0 aliphatic heterocycles. The summed E-state index contributed by atoms with van der Waals surface area (Å²) in [5, 5.41) is 29.3. The average Bonchev–Trinajstić information content (AvgIpc) is 3.04. The number of carbonyl (C=O) groups excluding carboxylic acids is 1. The molecule has 0 radical (unpaired) electrons. The molecular formula is C19H15N3O4. The van der Waals surface area contributed by atoms with Gasteiger partial charge in [-0.2, -0.15) is 5.26 Å². The molecule has 7 nitrogen and oxygen atoms in total. The molecule has 2 aromatic carbocycles. The van der Waals surface area contributed by atoms with Crippen molar-refractivity contribution in [2.45, 2.75) is 6.92 Å². The van der Waals surface area contributed by atoms with Crippen LogP contribution in [0, 0.1) is 18.3 Å². The molecule has 0 spiro atoms. The van der Waals surface area contributed by atoms with Crippen molar-refractivity contribution in [3.63, 3.8) is 0 Å². The van der Waals surface area contributed by atoms with E-state index < -0.39 is 18.3 Å². The molecule has 3 aromatic rings. The molecule has 0 saturated heterocycles. The molecular weight excluding hydrogens is 334 g/mol. The summed E-state index contributed by atoms with van der Waals surface area (Å²) >= 11 is 0. The number of ether oxygens (including phenoxy) is 1. The highest BCUT2D eigenvalue weighted by Crippen LogP contribution is 2.21. The van der Waals surface area contributed by atoms with Gasteiger partial charge in [0, 0.05) is 0 Å². The highest BCUT2D eigenvalue weighted by molar-refractivity contribution is 5.92. The number of H-pyrrole nitrogens is 1. The van der Waals surface area contributed by atoms with Crippen molar-refractivity contribution >= 4 is 22.6 Å². The molecule has 0 saturated carbocycles. The van der Waals surface area contributed by atoms with Crippen LogP contribution in [-0.4, -0.2) is 32.8 Å². The minimum Gasteiger partial charge on any atom is -0.507 e. The molecule has 0 amide bonds. The van der Waals surface area contributed by atoms with Gasteiger partial charge in [-0.3, -0.25) is 0 Å². The highest BCUT2D eigenvalue weighted by atomic mass is 16.5. The number of phenolic OH excluding ortho intramolecular Hbond substituents is 1. The number of nitrogens with one attached hydrogen (secondary N) is 1. The third-order valence-electron chi connectivity index (χ3n) is 3.74. The van der Waals surface area contributed by atoms with Crippen LogP contribution >= 0.6 is 0 Å². The predicted octanol–water partition coefficient (Wildman–Crippen LogP) is 3.23. The van der Waals surface area contributed by atoms with Crippen LogP contribution in [0.5, 0.6) is 5.75 Å². The number of aromatic nitrogens is 2. The number of phenols is 1. The fourth-order valence-corrected chi connectivity index (χ4v) is 2.42. The number of imidazole rings is 1. The Balaban J connectivity index is 1.81. The van der Waals surface area contributed by atoms with E-state index in [0.29, 0.717) is 11.0 Å². The summed E-state index contributed by atoms with van der Waals surface area (Å²) in [7, 11) is 0. The van der Waals surface area contributed by atoms with Crippen molar-refractivity contribution in [1.29, 1.82) is 5.26 Å². The van der Waals surface area contributed by atoms with E-state index in [9.17, 15) is 20.3 Å². The fraction of sp³-hybridized carbons (Fsp3) is 0.105. The second-order valence-corrected chi connectivity index (χ2v) is 5.63. The second kappa shape index (κ2) is 6.99. The first-order chi connectivity index (χ1) is 12.5. The number of aromatic hydroxyl groups is 1. The number of aliphatic hydroxyl groups excluding tert-OH is 1. The van der Waals surface area contributed by atoms with Crippen molar-refractivity contribution in [1.82, 2.24) is 9.97 Å². The molecule has 0 aliphatic carbocycles. The van der Waals surface area contributed by atoms with Gasteiger partial charge in [-0.05, 0) is 36.8 Å². The zero-order valence-corrected chi connectivity index (χ0v) is 13.9. The minimum atomic E-state index is -0.809. The lowest BCUT2D eigenvalue weighted by Crippen LogP contribution is -2.09. The van der Waals surface area contributed by atoms with Gasteiger partial charge in [-0.1, -0.05) is 18.2 Å². The van der Waals surface area contributed by atoms with Gasteiger partial charge >= 0.3 is 5.97 Å². The predicted molar refractivity (Wildman–Crippen MR) is 94.4 cm³/mol. The number of nitrogens with zero attached hydrogens (tertiary/aromatic N) is 2. The lowest BCUT2D eigenvalue weighted by Gasteiger charge is -2.07. The van der Waals surface area contributed by atoms with Gasteiger partial charge in [-0.25, -0.2) is 9.78 Å². The largest absolute Gasteiger partial charge is 0.507 e. The number of aromatic amines is 1. The molecule has 7 heteroatoms. The molecule has 1 heterocycles. The zero-order chi connectivity index (χ0) is 18.7. The topological polar surface area (TPSA) is 119 Å². The number of fused-ring (bicyclic) bond motifs is 1. The van der Waals surface area contributed by atoms with Crippen molar-refractivity contribution in [3.8, 4) is 11.8 Å². The molecule has 0 unspecified atom stereocenters. The second-order valence-electron chi connectivity index (χ2n) is 5.63.